The first-order chi connectivity index (χ1) is 7.43. The number of benzene rings is 1. The Balaban J connectivity index is 2.94. The molecule has 0 radical (unpaired) electrons. The maximum absolute atomic E-state index is 13.6. The third-order valence-electron chi connectivity index (χ3n) is 2.15. The average molecular weight is 292 g/mol. The predicted octanol–water partition coefficient (Wildman–Crippen LogP) is 2.16. The number of hydrogen-bond acceptors (Lipinski definition) is 3. The molecule has 0 fully saturated rings. The van der Waals surface area contributed by atoms with Gasteiger partial charge in [-0.05, 0) is 34.5 Å². The lowest BCUT2D eigenvalue weighted by Gasteiger charge is -2.14. The second kappa shape index (κ2) is 5.27. The van der Waals surface area contributed by atoms with Crippen molar-refractivity contribution in [1.82, 2.24) is 0 Å². The lowest BCUT2D eigenvalue weighted by Crippen LogP contribution is -2.14. The zero-order valence-electron chi connectivity index (χ0n) is 8.28. The summed E-state index contributed by atoms with van der Waals surface area (Å²) < 4.78 is 13.8. The summed E-state index contributed by atoms with van der Waals surface area (Å²) >= 11 is 2.97. The van der Waals surface area contributed by atoms with Gasteiger partial charge in [-0.25, -0.2) is 4.39 Å². The van der Waals surface area contributed by atoms with Gasteiger partial charge in [0.05, 0.1) is 4.47 Å². The van der Waals surface area contributed by atoms with Gasteiger partial charge in [-0.1, -0.05) is 0 Å². The van der Waals surface area contributed by atoms with E-state index in [0.29, 0.717) is 0 Å². The first-order valence-electron chi connectivity index (χ1n) is 4.57. The number of nitrogens with two attached hydrogens (primary N) is 1. The standard InChI is InChI=1S/C10H11BrFNO3/c11-5-1-3-7(14)9(10(5)12)6(13)2-4-8(15)16/h1,3,6,14H,2,4,13H2,(H,15,16). The van der Waals surface area contributed by atoms with Crippen LogP contribution in [0.2, 0.25) is 0 Å². The first-order valence-corrected chi connectivity index (χ1v) is 5.37. The van der Waals surface area contributed by atoms with Gasteiger partial charge < -0.3 is 15.9 Å². The maximum atomic E-state index is 13.6. The molecule has 0 aliphatic heterocycles. The molecule has 0 aliphatic carbocycles. The van der Waals surface area contributed by atoms with E-state index in [0.717, 1.165) is 0 Å². The van der Waals surface area contributed by atoms with E-state index in [1.165, 1.54) is 12.1 Å². The van der Waals surface area contributed by atoms with Gasteiger partial charge in [0, 0.05) is 18.0 Å². The Hall–Kier alpha value is -1.14. The smallest absolute Gasteiger partial charge is 0.303 e. The number of phenols is 1. The van der Waals surface area contributed by atoms with Gasteiger partial charge in [0.25, 0.3) is 0 Å². The van der Waals surface area contributed by atoms with Crippen LogP contribution >= 0.6 is 15.9 Å². The van der Waals surface area contributed by atoms with Gasteiger partial charge in [-0.3, -0.25) is 4.79 Å². The molecule has 88 valence electrons. The van der Waals surface area contributed by atoms with Gasteiger partial charge in [0.15, 0.2) is 0 Å². The minimum Gasteiger partial charge on any atom is -0.508 e. The molecule has 1 aromatic carbocycles. The zero-order chi connectivity index (χ0) is 12.3. The third kappa shape index (κ3) is 2.93. The monoisotopic (exact) mass is 291 g/mol. The van der Waals surface area contributed by atoms with Crippen LogP contribution < -0.4 is 5.73 Å². The number of halogens is 2. The molecule has 0 heterocycles. The molecule has 0 amide bonds. The van der Waals surface area contributed by atoms with Crippen LogP contribution in [0.25, 0.3) is 0 Å². The summed E-state index contributed by atoms with van der Waals surface area (Å²) in [6, 6.07) is 1.83. The van der Waals surface area contributed by atoms with E-state index in [1.54, 1.807) is 0 Å². The van der Waals surface area contributed by atoms with Crippen LogP contribution in [0.3, 0.4) is 0 Å². The molecule has 16 heavy (non-hydrogen) atoms. The number of aromatic hydroxyl groups is 1. The van der Waals surface area contributed by atoms with Gasteiger partial charge in [0.1, 0.15) is 11.6 Å². The minimum atomic E-state index is -1.01. The van der Waals surface area contributed by atoms with Crippen molar-refractivity contribution < 1.29 is 19.4 Å². The Morgan fingerprint density at radius 3 is 2.75 bits per heavy atom. The van der Waals surface area contributed by atoms with Gasteiger partial charge in [-0.2, -0.15) is 0 Å². The summed E-state index contributed by atoms with van der Waals surface area (Å²) in [5.41, 5.74) is 5.57. The van der Waals surface area contributed by atoms with E-state index in [4.69, 9.17) is 10.8 Å². The van der Waals surface area contributed by atoms with Gasteiger partial charge >= 0.3 is 5.97 Å². The van der Waals surface area contributed by atoms with Crippen molar-refractivity contribution in [2.45, 2.75) is 18.9 Å². The normalized spacial score (nSPS) is 12.4. The lowest BCUT2D eigenvalue weighted by molar-refractivity contribution is -0.137. The molecule has 4 N–H and O–H groups in total. The molecule has 1 unspecified atom stereocenters. The van der Waals surface area contributed by atoms with Crippen molar-refractivity contribution in [3.05, 3.63) is 28.0 Å². The van der Waals surface area contributed by atoms with Crippen molar-refractivity contribution in [1.29, 1.82) is 0 Å². The minimum absolute atomic E-state index is 0.0596. The Morgan fingerprint density at radius 2 is 2.19 bits per heavy atom. The third-order valence-corrected chi connectivity index (χ3v) is 2.76. The topological polar surface area (TPSA) is 83.6 Å². The fourth-order valence-corrected chi connectivity index (χ4v) is 1.68. The molecular formula is C10H11BrFNO3. The first kappa shape index (κ1) is 12.9. The quantitative estimate of drug-likeness (QED) is 0.794. The van der Waals surface area contributed by atoms with E-state index in [9.17, 15) is 14.3 Å². The van der Waals surface area contributed by atoms with Crippen LogP contribution in [0.4, 0.5) is 4.39 Å². The van der Waals surface area contributed by atoms with E-state index in [2.05, 4.69) is 15.9 Å². The fraction of sp³-hybridized carbons (Fsp3) is 0.300. The number of carboxylic acid groups (broad SMARTS) is 1. The molecule has 6 heteroatoms. The second-order valence-electron chi connectivity index (χ2n) is 3.33. The molecule has 0 saturated carbocycles. The number of phenolic OH excluding ortho intramolecular Hbond substituents is 1. The number of carboxylic acids is 1. The van der Waals surface area contributed by atoms with Crippen LogP contribution in [-0.4, -0.2) is 16.2 Å². The molecule has 1 rings (SSSR count). The van der Waals surface area contributed by atoms with Crippen LogP contribution in [0.15, 0.2) is 16.6 Å². The van der Waals surface area contributed by atoms with Crippen LogP contribution in [0, 0.1) is 5.82 Å². The number of rotatable bonds is 4. The Bertz CT molecular complexity index is 411. The van der Waals surface area contributed by atoms with E-state index >= 15 is 0 Å². The largest absolute Gasteiger partial charge is 0.508 e. The molecule has 1 atom stereocenters. The summed E-state index contributed by atoms with van der Waals surface area (Å²) in [5.74, 6) is -1.93. The summed E-state index contributed by atoms with van der Waals surface area (Å²) in [6.07, 6.45) is -0.108. The molecule has 0 bridgehead atoms. The van der Waals surface area contributed by atoms with Crippen molar-refractivity contribution >= 4 is 21.9 Å². The van der Waals surface area contributed by atoms with Gasteiger partial charge in [0.2, 0.25) is 0 Å². The summed E-state index contributed by atoms with van der Waals surface area (Å²) in [6.45, 7) is 0. The highest BCUT2D eigenvalue weighted by Gasteiger charge is 2.19. The van der Waals surface area contributed by atoms with E-state index in [1.807, 2.05) is 0 Å². The second-order valence-corrected chi connectivity index (χ2v) is 4.19. The fourth-order valence-electron chi connectivity index (χ4n) is 1.33. The van der Waals surface area contributed by atoms with E-state index in [-0.39, 0.29) is 28.6 Å². The SMILES string of the molecule is NC(CCC(=O)O)c1c(O)ccc(Br)c1F. The van der Waals surface area contributed by atoms with Crippen molar-refractivity contribution in [2.75, 3.05) is 0 Å². The Labute approximate surface area is 100 Å². The highest BCUT2D eigenvalue weighted by molar-refractivity contribution is 9.10. The van der Waals surface area contributed by atoms with Crippen molar-refractivity contribution in [3.8, 4) is 5.75 Å². The number of aliphatic carboxylic acids is 1. The molecule has 0 spiro atoms. The Kier molecular flexibility index (Phi) is 4.26. The molecule has 0 saturated heterocycles. The summed E-state index contributed by atoms with van der Waals surface area (Å²) in [5, 5.41) is 17.9. The van der Waals surface area contributed by atoms with Gasteiger partial charge in [-0.15, -0.1) is 0 Å². The van der Waals surface area contributed by atoms with Crippen LogP contribution in [0.1, 0.15) is 24.4 Å². The molecule has 4 nitrogen and oxygen atoms in total. The van der Waals surface area contributed by atoms with Crippen LogP contribution in [0.5, 0.6) is 5.75 Å². The summed E-state index contributed by atoms with van der Waals surface area (Å²) in [7, 11) is 0. The molecule has 0 aromatic heterocycles. The highest BCUT2D eigenvalue weighted by atomic mass is 79.9. The van der Waals surface area contributed by atoms with E-state index < -0.39 is 17.8 Å². The number of carbonyl (C=O) groups is 1. The maximum Gasteiger partial charge on any atom is 0.303 e. The van der Waals surface area contributed by atoms with Crippen molar-refractivity contribution in [2.24, 2.45) is 5.73 Å². The average Bonchev–Trinajstić information content (AvgIpc) is 2.21. The predicted molar refractivity (Wildman–Crippen MR) is 59.6 cm³/mol. The molecular weight excluding hydrogens is 281 g/mol. The lowest BCUT2D eigenvalue weighted by atomic mass is 10.0. The highest BCUT2D eigenvalue weighted by Crippen LogP contribution is 2.32. The number of hydrogen-bond donors (Lipinski definition) is 3. The molecule has 0 aliphatic rings. The Morgan fingerprint density at radius 1 is 1.56 bits per heavy atom. The van der Waals surface area contributed by atoms with Crippen molar-refractivity contribution in [3.63, 3.8) is 0 Å². The summed E-state index contributed by atoms with van der Waals surface area (Å²) in [4.78, 5) is 10.4. The molecule has 1 aromatic rings. The van der Waals surface area contributed by atoms with Crippen LogP contribution in [-0.2, 0) is 4.79 Å². The zero-order valence-corrected chi connectivity index (χ0v) is 9.87.